The molecule has 3 rings (SSSR count). The van der Waals surface area contributed by atoms with Crippen molar-refractivity contribution in [3.8, 4) is 11.5 Å². The quantitative estimate of drug-likeness (QED) is 0.689. The van der Waals surface area contributed by atoms with E-state index in [4.69, 9.17) is 14.2 Å². The van der Waals surface area contributed by atoms with Gasteiger partial charge in [0.05, 0.1) is 31.5 Å². The predicted octanol–water partition coefficient (Wildman–Crippen LogP) is 2.21. The number of benzene rings is 1. The summed E-state index contributed by atoms with van der Waals surface area (Å²) in [4.78, 5) is 15.3. The zero-order chi connectivity index (χ0) is 20.6. The lowest BCUT2D eigenvalue weighted by Gasteiger charge is -2.36. The lowest BCUT2D eigenvalue weighted by atomic mass is 9.93. The number of rotatable bonds is 8. The summed E-state index contributed by atoms with van der Waals surface area (Å²) in [5.41, 5.74) is 1.33. The zero-order valence-corrected chi connectivity index (χ0v) is 17.6. The lowest BCUT2D eigenvalue weighted by Crippen LogP contribution is -2.47. The minimum Gasteiger partial charge on any atom is -0.490 e. The fraction of sp³-hybridized carbons (Fsp3) is 0.682. The Labute approximate surface area is 173 Å². The van der Waals surface area contributed by atoms with Crippen molar-refractivity contribution in [2.75, 3.05) is 46.5 Å². The Balaban J connectivity index is 1.64. The van der Waals surface area contributed by atoms with Crippen LogP contribution in [0.2, 0.25) is 0 Å². The van der Waals surface area contributed by atoms with Crippen molar-refractivity contribution >= 4 is 5.91 Å². The summed E-state index contributed by atoms with van der Waals surface area (Å²) in [5.74, 6) is 0.946. The fourth-order valence-corrected chi connectivity index (χ4v) is 3.94. The van der Waals surface area contributed by atoms with Crippen LogP contribution in [0.4, 0.5) is 0 Å². The Kier molecular flexibility index (Phi) is 8.15. The van der Waals surface area contributed by atoms with Gasteiger partial charge in [0.2, 0.25) is 0 Å². The highest BCUT2D eigenvalue weighted by atomic mass is 16.5. The molecule has 0 spiro atoms. The van der Waals surface area contributed by atoms with Gasteiger partial charge in [-0.3, -0.25) is 4.79 Å². The number of β-amino-alcohol motifs (C(OH)–C–C–N with tert-alkyl or cyclic N) is 1. The minimum atomic E-state index is -0.419. The van der Waals surface area contributed by atoms with E-state index in [0.717, 1.165) is 44.3 Å². The van der Waals surface area contributed by atoms with E-state index in [1.165, 1.54) is 0 Å². The van der Waals surface area contributed by atoms with E-state index in [-0.39, 0.29) is 11.8 Å². The number of piperidine rings is 1. The number of methoxy groups -OCH3 is 1. The van der Waals surface area contributed by atoms with Crippen molar-refractivity contribution < 1.29 is 24.1 Å². The number of hydrogen-bond acceptors (Lipinski definition) is 6. The van der Waals surface area contributed by atoms with Gasteiger partial charge in [-0.05, 0) is 43.6 Å². The van der Waals surface area contributed by atoms with Crippen molar-refractivity contribution in [3.05, 3.63) is 23.3 Å². The van der Waals surface area contributed by atoms with Crippen LogP contribution in [0.15, 0.2) is 12.1 Å². The SMILES string of the molecule is CCCCN1CC[C@@H](CNC(=O)c2cc(COC)cc3c2OCCCO3)C(O)C1. The maximum atomic E-state index is 13.0. The number of likely N-dealkylation sites (tertiary alicyclic amines) is 1. The van der Waals surface area contributed by atoms with Gasteiger partial charge in [-0.15, -0.1) is 0 Å². The van der Waals surface area contributed by atoms with E-state index < -0.39 is 6.10 Å². The number of aliphatic hydroxyl groups excluding tert-OH is 1. The molecule has 1 aromatic carbocycles. The third-order valence-corrected chi connectivity index (χ3v) is 5.62. The normalized spacial score (nSPS) is 22.2. The number of nitrogens with one attached hydrogen (secondary N) is 1. The highest BCUT2D eigenvalue weighted by Crippen LogP contribution is 2.35. The second-order valence-electron chi connectivity index (χ2n) is 7.93. The second kappa shape index (κ2) is 10.8. The number of nitrogens with zero attached hydrogens (tertiary/aromatic N) is 1. The maximum Gasteiger partial charge on any atom is 0.255 e. The summed E-state index contributed by atoms with van der Waals surface area (Å²) in [6.45, 7) is 6.78. The third-order valence-electron chi connectivity index (χ3n) is 5.62. The predicted molar refractivity (Wildman–Crippen MR) is 111 cm³/mol. The van der Waals surface area contributed by atoms with E-state index in [2.05, 4.69) is 17.1 Å². The van der Waals surface area contributed by atoms with Gasteiger partial charge < -0.3 is 29.5 Å². The lowest BCUT2D eigenvalue weighted by molar-refractivity contribution is 0.0217. The van der Waals surface area contributed by atoms with Crippen LogP contribution in [0.3, 0.4) is 0 Å². The van der Waals surface area contributed by atoms with Gasteiger partial charge in [0.15, 0.2) is 11.5 Å². The maximum absolute atomic E-state index is 13.0. The number of fused-ring (bicyclic) bond motifs is 1. The van der Waals surface area contributed by atoms with Crippen LogP contribution < -0.4 is 14.8 Å². The van der Waals surface area contributed by atoms with Gasteiger partial charge in [-0.1, -0.05) is 13.3 Å². The molecule has 1 fully saturated rings. The summed E-state index contributed by atoms with van der Waals surface area (Å²) < 4.78 is 16.8. The molecule has 29 heavy (non-hydrogen) atoms. The molecule has 1 saturated heterocycles. The molecule has 0 saturated carbocycles. The van der Waals surface area contributed by atoms with Crippen molar-refractivity contribution in [1.82, 2.24) is 10.2 Å². The van der Waals surface area contributed by atoms with E-state index in [1.54, 1.807) is 13.2 Å². The molecule has 1 amide bonds. The second-order valence-corrected chi connectivity index (χ2v) is 7.93. The van der Waals surface area contributed by atoms with E-state index in [1.807, 2.05) is 6.07 Å². The zero-order valence-electron chi connectivity index (χ0n) is 17.6. The number of carbonyl (C=O) groups excluding carboxylic acids is 1. The molecule has 0 aromatic heterocycles. The smallest absolute Gasteiger partial charge is 0.255 e. The number of unbranched alkanes of at least 4 members (excludes halogenated alkanes) is 1. The third kappa shape index (κ3) is 5.84. The number of hydrogen-bond donors (Lipinski definition) is 2. The monoisotopic (exact) mass is 406 g/mol. The van der Waals surface area contributed by atoms with Gasteiger partial charge in [-0.25, -0.2) is 0 Å². The standard InChI is InChI=1S/C22H34N2O5/c1-3-4-7-24-8-6-17(19(25)14-24)13-23-22(26)18-11-16(15-27-2)12-20-21(18)29-10-5-9-28-20/h11-12,17,19,25H,3-10,13-15H2,1-2H3,(H,23,26)/t17-,19?/m0/s1. The molecule has 1 aromatic rings. The Morgan fingerprint density at radius 3 is 2.93 bits per heavy atom. The van der Waals surface area contributed by atoms with Crippen LogP contribution in [0.25, 0.3) is 0 Å². The van der Waals surface area contributed by atoms with Crippen molar-refractivity contribution in [2.45, 2.75) is 45.3 Å². The summed E-state index contributed by atoms with van der Waals surface area (Å²) in [7, 11) is 1.62. The first-order valence-electron chi connectivity index (χ1n) is 10.7. The Bertz CT molecular complexity index is 681. The summed E-state index contributed by atoms with van der Waals surface area (Å²) in [6, 6.07) is 3.67. The Hall–Kier alpha value is -1.83. The molecule has 1 unspecified atom stereocenters. The van der Waals surface area contributed by atoms with Crippen molar-refractivity contribution in [3.63, 3.8) is 0 Å². The molecular weight excluding hydrogens is 372 g/mol. The topological polar surface area (TPSA) is 80.3 Å². The number of ether oxygens (including phenoxy) is 3. The largest absolute Gasteiger partial charge is 0.490 e. The van der Waals surface area contributed by atoms with Crippen molar-refractivity contribution in [1.29, 1.82) is 0 Å². The van der Waals surface area contributed by atoms with Crippen LogP contribution in [0.5, 0.6) is 11.5 Å². The molecular formula is C22H34N2O5. The average molecular weight is 407 g/mol. The van der Waals surface area contributed by atoms with Gasteiger partial charge in [-0.2, -0.15) is 0 Å². The van der Waals surface area contributed by atoms with E-state index in [0.29, 0.717) is 50.0 Å². The molecule has 162 valence electrons. The van der Waals surface area contributed by atoms with E-state index >= 15 is 0 Å². The Morgan fingerprint density at radius 1 is 1.34 bits per heavy atom. The number of amides is 1. The summed E-state index contributed by atoms with van der Waals surface area (Å²) >= 11 is 0. The van der Waals surface area contributed by atoms with Crippen LogP contribution >= 0.6 is 0 Å². The van der Waals surface area contributed by atoms with Gasteiger partial charge in [0, 0.05) is 32.5 Å². The first-order valence-corrected chi connectivity index (χ1v) is 10.7. The molecule has 0 radical (unpaired) electrons. The van der Waals surface area contributed by atoms with Gasteiger partial charge >= 0.3 is 0 Å². The molecule has 0 aliphatic carbocycles. The molecule has 2 heterocycles. The minimum absolute atomic E-state index is 0.0646. The molecule has 7 heteroatoms. The first kappa shape index (κ1) is 21.9. The Morgan fingerprint density at radius 2 is 2.17 bits per heavy atom. The molecule has 7 nitrogen and oxygen atoms in total. The van der Waals surface area contributed by atoms with Crippen LogP contribution in [-0.2, 0) is 11.3 Å². The van der Waals surface area contributed by atoms with E-state index in [9.17, 15) is 9.90 Å². The molecule has 2 aliphatic rings. The molecule has 0 bridgehead atoms. The van der Waals surface area contributed by atoms with Gasteiger partial charge in [0.1, 0.15) is 0 Å². The highest BCUT2D eigenvalue weighted by molar-refractivity contribution is 5.98. The van der Waals surface area contributed by atoms with Gasteiger partial charge in [0.25, 0.3) is 5.91 Å². The van der Waals surface area contributed by atoms with Crippen LogP contribution in [0, 0.1) is 5.92 Å². The summed E-state index contributed by atoms with van der Waals surface area (Å²) in [6.07, 6.45) is 3.55. The highest BCUT2D eigenvalue weighted by Gasteiger charge is 2.28. The summed E-state index contributed by atoms with van der Waals surface area (Å²) in [5, 5.41) is 13.5. The van der Waals surface area contributed by atoms with Crippen molar-refractivity contribution in [2.24, 2.45) is 5.92 Å². The first-order chi connectivity index (χ1) is 14.1. The molecule has 2 aliphatic heterocycles. The number of aliphatic hydroxyl groups is 1. The fourth-order valence-electron chi connectivity index (χ4n) is 3.94. The molecule has 2 atom stereocenters. The number of carbonyl (C=O) groups is 1. The van der Waals surface area contributed by atoms with Crippen LogP contribution in [-0.4, -0.2) is 68.5 Å². The molecule has 2 N–H and O–H groups in total. The average Bonchev–Trinajstić information content (AvgIpc) is 2.96. The van der Waals surface area contributed by atoms with Crippen LogP contribution in [0.1, 0.15) is 48.5 Å².